The first kappa shape index (κ1) is 9.51. The van der Waals surface area contributed by atoms with E-state index in [1.807, 2.05) is 4.68 Å². The van der Waals surface area contributed by atoms with Gasteiger partial charge in [0.2, 0.25) is 0 Å². The van der Waals surface area contributed by atoms with Gasteiger partial charge in [-0.2, -0.15) is 5.10 Å². The standard InChI is InChI=1S/C9H18N2Si/c1-8(2)11-7-6-9(10-11)12(3,4)5/h6-8H,1-5H3. The van der Waals surface area contributed by atoms with Crippen molar-refractivity contribution in [2.24, 2.45) is 0 Å². The molecule has 68 valence electrons. The van der Waals surface area contributed by atoms with E-state index in [0.29, 0.717) is 6.04 Å². The maximum atomic E-state index is 4.56. The van der Waals surface area contributed by atoms with Crippen molar-refractivity contribution in [1.29, 1.82) is 0 Å². The number of aromatic nitrogens is 2. The van der Waals surface area contributed by atoms with Crippen molar-refractivity contribution in [3.8, 4) is 0 Å². The molecule has 0 saturated heterocycles. The Hall–Kier alpha value is -0.573. The molecule has 0 amide bonds. The lowest BCUT2D eigenvalue weighted by molar-refractivity contribution is 0.535. The third kappa shape index (κ3) is 1.97. The average Bonchev–Trinajstić information content (AvgIpc) is 2.30. The molecule has 0 aliphatic rings. The van der Waals surface area contributed by atoms with Crippen molar-refractivity contribution in [3.05, 3.63) is 12.3 Å². The third-order valence-corrected chi connectivity index (χ3v) is 3.71. The Morgan fingerprint density at radius 3 is 2.17 bits per heavy atom. The summed E-state index contributed by atoms with van der Waals surface area (Å²) in [4.78, 5) is 0. The summed E-state index contributed by atoms with van der Waals surface area (Å²) in [5.41, 5.74) is 0. The zero-order chi connectivity index (χ0) is 9.35. The second-order valence-electron chi connectivity index (χ2n) is 4.52. The predicted molar refractivity (Wildman–Crippen MR) is 55.6 cm³/mol. The molecule has 3 heteroatoms. The van der Waals surface area contributed by atoms with E-state index >= 15 is 0 Å². The van der Waals surface area contributed by atoms with Gasteiger partial charge in [-0.05, 0) is 19.9 Å². The minimum absolute atomic E-state index is 0.482. The van der Waals surface area contributed by atoms with Crippen LogP contribution in [0.4, 0.5) is 0 Å². The van der Waals surface area contributed by atoms with Gasteiger partial charge in [-0.3, -0.25) is 4.68 Å². The molecule has 0 spiro atoms. The third-order valence-electron chi connectivity index (χ3n) is 1.91. The molecular formula is C9H18N2Si. The van der Waals surface area contributed by atoms with Crippen LogP contribution in [0.15, 0.2) is 12.3 Å². The van der Waals surface area contributed by atoms with E-state index in [-0.39, 0.29) is 0 Å². The van der Waals surface area contributed by atoms with Gasteiger partial charge in [0, 0.05) is 17.6 Å². The van der Waals surface area contributed by atoms with Crippen molar-refractivity contribution in [1.82, 2.24) is 9.78 Å². The summed E-state index contributed by atoms with van der Waals surface area (Å²) in [5.74, 6) is 0. The van der Waals surface area contributed by atoms with Crippen molar-refractivity contribution >= 4 is 13.4 Å². The average molecular weight is 182 g/mol. The molecule has 12 heavy (non-hydrogen) atoms. The molecule has 0 bridgehead atoms. The molecule has 2 nitrogen and oxygen atoms in total. The van der Waals surface area contributed by atoms with E-state index in [1.54, 1.807) is 0 Å². The monoisotopic (exact) mass is 182 g/mol. The molecule has 0 radical (unpaired) electrons. The van der Waals surface area contributed by atoms with E-state index in [1.165, 1.54) is 5.32 Å². The fourth-order valence-corrected chi connectivity index (χ4v) is 2.02. The van der Waals surface area contributed by atoms with Crippen LogP contribution in [0.5, 0.6) is 0 Å². The van der Waals surface area contributed by atoms with Crippen LogP contribution in [0.1, 0.15) is 19.9 Å². The first-order valence-electron chi connectivity index (χ1n) is 4.47. The van der Waals surface area contributed by atoms with Crippen LogP contribution < -0.4 is 5.32 Å². The van der Waals surface area contributed by atoms with Crippen LogP contribution in [-0.4, -0.2) is 17.9 Å². The van der Waals surface area contributed by atoms with Crippen molar-refractivity contribution in [2.45, 2.75) is 39.5 Å². The minimum atomic E-state index is -1.19. The van der Waals surface area contributed by atoms with Crippen LogP contribution in [0.2, 0.25) is 19.6 Å². The van der Waals surface area contributed by atoms with Gasteiger partial charge in [-0.25, -0.2) is 0 Å². The lowest BCUT2D eigenvalue weighted by Gasteiger charge is -2.12. The molecule has 0 N–H and O–H groups in total. The molecule has 0 atom stereocenters. The van der Waals surface area contributed by atoms with Crippen molar-refractivity contribution < 1.29 is 0 Å². The van der Waals surface area contributed by atoms with Gasteiger partial charge in [-0.15, -0.1) is 0 Å². The molecule has 0 aliphatic heterocycles. The topological polar surface area (TPSA) is 17.8 Å². The van der Waals surface area contributed by atoms with Gasteiger partial charge < -0.3 is 0 Å². The normalized spacial score (nSPS) is 12.5. The molecule has 0 aliphatic carbocycles. The van der Waals surface area contributed by atoms with Crippen molar-refractivity contribution in [2.75, 3.05) is 0 Å². The van der Waals surface area contributed by atoms with Crippen LogP contribution >= 0.6 is 0 Å². The van der Waals surface area contributed by atoms with E-state index in [4.69, 9.17) is 0 Å². The Balaban J connectivity index is 2.92. The van der Waals surface area contributed by atoms with Crippen LogP contribution in [0, 0.1) is 0 Å². The maximum Gasteiger partial charge on any atom is 0.104 e. The Bertz CT molecular complexity index is 258. The van der Waals surface area contributed by atoms with Gasteiger partial charge in [-0.1, -0.05) is 19.6 Å². The number of hydrogen-bond donors (Lipinski definition) is 0. The molecule has 0 aromatic carbocycles. The Kier molecular flexibility index (Phi) is 2.42. The highest BCUT2D eigenvalue weighted by atomic mass is 28.3. The molecule has 1 rings (SSSR count). The SMILES string of the molecule is CC(C)n1ccc([Si](C)(C)C)n1. The lowest BCUT2D eigenvalue weighted by atomic mass is 10.4. The van der Waals surface area contributed by atoms with Gasteiger partial charge in [0.1, 0.15) is 8.07 Å². The van der Waals surface area contributed by atoms with Crippen LogP contribution in [0.25, 0.3) is 0 Å². The van der Waals surface area contributed by atoms with Gasteiger partial charge >= 0.3 is 0 Å². The molecule has 0 unspecified atom stereocenters. The highest BCUT2D eigenvalue weighted by Gasteiger charge is 2.19. The van der Waals surface area contributed by atoms with Crippen LogP contribution in [0.3, 0.4) is 0 Å². The quantitative estimate of drug-likeness (QED) is 0.640. The summed E-state index contributed by atoms with van der Waals surface area (Å²) < 4.78 is 2.04. The van der Waals surface area contributed by atoms with Crippen molar-refractivity contribution in [3.63, 3.8) is 0 Å². The second kappa shape index (κ2) is 3.05. The first-order chi connectivity index (χ1) is 5.41. The molecule has 1 aromatic heterocycles. The second-order valence-corrected chi connectivity index (χ2v) is 9.54. The predicted octanol–water partition coefficient (Wildman–Crippen LogP) is 2.01. The first-order valence-corrected chi connectivity index (χ1v) is 7.97. The highest BCUT2D eigenvalue weighted by Crippen LogP contribution is 2.03. The number of nitrogens with zero attached hydrogens (tertiary/aromatic N) is 2. The van der Waals surface area contributed by atoms with E-state index in [2.05, 4.69) is 50.9 Å². The maximum absolute atomic E-state index is 4.56. The smallest absolute Gasteiger partial charge is 0.104 e. The van der Waals surface area contributed by atoms with Crippen LogP contribution in [-0.2, 0) is 0 Å². The largest absolute Gasteiger partial charge is 0.270 e. The van der Waals surface area contributed by atoms with Gasteiger partial charge in [0.15, 0.2) is 0 Å². The summed E-state index contributed by atoms with van der Waals surface area (Å²) >= 11 is 0. The summed E-state index contributed by atoms with van der Waals surface area (Å²) in [6.07, 6.45) is 2.08. The van der Waals surface area contributed by atoms with E-state index in [0.717, 1.165) is 0 Å². The Morgan fingerprint density at radius 1 is 1.33 bits per heavy atom. The fraction of sp³-hybridized carbons (Fsp3) is 0.667. The van der Waals surface area contributed by atoms with E-state index in [9.17, 15) is 0 Å². The van der Waals surface area contributed by atoms with Gasteiger partial charge in [0.25, 0.3) is 0 Å². The van der Waals surface area contributed by atoms with E-state index < -0.39 is 8.07 Å². The number of hydrogen-bond acceptors (Lipinski definition) is 1. The Morgan fingerprint density at radius 2 is 1.92 bits per heavy atom. The van der Waals surface area contributed by atoms with Gasteiger partial charge in [0.05, 0.1) is 0 Å². The summed E-state index contributed by atoms with van der Waals surface area (Å²) in [5, 5.41) is 5.86. The Labute approximate surface area is 75.6 Å². The lowest BCUT2D eigenvalue weighted by Crippen LogP contribution is -2.39. The molecule has 0 saturated carbocycles. The molecule has 1 aromatic rings. The summed E-state index contributed by atoms with van der Waals surface area (Å²) in [7, 11) is -1.19. The highest BCUT2D eigenvalue weighted by molar-refractivity contribution is 6.88. The minimum Gasteiger partial charge on any atom is -0.270 e. The summed E-state index contributed by atoms with van der Waals surface area (Å²) in [6.45, 7) is 11.3. The molecule has 1 heterocycles. The zero-order valence-electron chi connectivity index (χ0n) is 8.63. The fourth-order valence-electron chi connectivity index (χ4n) is 1.03. The summed E-state index contributed by atoms with van der Waals surface area (Å²) in [6, 6.07) is 2.64. The molecular weight excluding hydrogens is 164 g/mol. The number of rotatable bonds is 2. The zero-order valence-corrected chi connectivity index (χ0v) is 9.63. The molecule has 0 fully saturated rings.